The zero-order valence-corrected chi connectivity index (χ0v) is 33.6. The summed E-state index contributed by atoms with van der Waals surface area (Å²) in [6.07, 6.45) is 3.18. The Morgan fingerprint density at radius 2 is 0.849 bits per heavy atom. The molecule has 0 heterocycles. The zero-order valence-electron chi connectivity index (χ0n) is 27.3. The van der Waals surface area contributed by atoms with Crippen LogP contribution in [0.2, 0.25) is 0 Å². The molecule has 0 atom stereocenters. The van der Waals surface area contributed by atoms with Crippen LogP contribution in [0.4, 0.5) is 0 Å². The van der Waals surface area contributed by atoms with Crippen LogP contribution in [-0.2, 0) is 38.6 Å². The second-order valence-corrected chi connectivity index (χ2v) is 15.1. The molecular weight excluding hydrogens is 980 g/mol. The summed E-state index contributed by atoms with van der Waals surface area (Å²) in [6, 6.07) is 39.1. The number of benzene rings is 8. The third-order valence-electron chi connectivity index (χ3n) is 9.81. The second kappa shape index (κ2) is 14.2. The summed E-state index contributed by atoms with van der Waals surface area (Å²) in [5.74, 6) is -1.07. The molecule has 0 fully saturated rings. The van der Waals surface area contributed by atoms with Crippen LogP contribution in [0, 0.1) is 7.14 Å². The van der Waals surface area contributed by atoms with E-state index < -0.39 is 5.66 Å². The van der Waals surface area contributed by atoms with Crippen molar-refractivity contribution in [3.63, 3.8) is 0 Å². The van der Waals surface area contributed by atoms with E-state index in [1.807, 2.05) is 48.5 Å². The van der Waals surface area contributed by atoms with Gasteiger partial charge in [0.25, 0.3) is 0 Å². The number of hydrogen-bond acceptors (Lipinski definition) is 6. The summed E-state index contributed by atoms with van der Waals surface area (Å²) in [5, 5.41) is 51.2. The van der Waals surface area contributed by atoms with E-state index in [0.717, 1.165) is 61.7 Å². The summed E-state index contributed by atoms with van der Waals surface area (Å²) in [4.78, 5) is 10.6. The van der Waals surface area contributed by atoms with Crippen LogP contribution in [-0.4, -0.2) is 32.9 Å². The fourth-order valence-corrected chi connectivity index (χ4v) is 8.48. The predicted octanol–water partition coefficient (Wildman–Crippen LogP) is 10.7. The molecule has 10 heteroatoms. The minimum absolute atomic E-state index is 0. The van der Waals surface area contributed by atoms with Crippen molar-refractivity contribution in [2.75, 3.05) is 0 Å². The standard InChI is InChI=1S/C43H26I2N2O4.2Ni/c44-27-11-13-31-25(17-27)9-15-35-39(31)40-32-14-12-28(45)18-26(32)10-16-36(40)43(35,46-21-33-29-7-3-1-5-23(29)19-37(48)41(33)50)47-22-34-30-8-4-2-6-24(30)20-38(49)42(34)51;;/h1-22,48-51H;;/b46-21+,47-22+;;. The molecule has 4 N–H and O–H groups in total. The van der Waals surface area contributed by atoms with Crippen LogP contribution in [0.15, 0.2) is 131 Å². The van der Waals surface area contributed by atoms with Crippen molar-refractivity contribution < 1.29 is 53.4 Å². The Morgan fingerprint density at radius 3 is 1.28 bits per heavy atom. The van der Waals surface area contributed by atoms with Crippen LogP contribution >= 0.6 is 45.2 Å². The molecule has 0 bridgehead atoms. The topological polar surface area (TPSA) is 106 Å². The first-order valence-corrected chi connectivity index (χ1v) is 18.3. The average molecular weight is 1010 g/mol. The second-order valence-electron chi connectivity index (χ2n) is 12.7. The van der Waals surface area contributed by atoms with Gasteiger partial charge in [0, 0.05) is 74.8 Å². The van der Waals surface area contributed by atoms with Gasteiger partial charge < -0.3 is 20.4 Å². The Labute approximate surface area is 351 Å². The number of phenols is 4. The van der Waals surface area contributed by atoms with Crippen LogP contribution in [0.25, 0.3) is 54.2 Å². The van der Waals surface area contributed by atoms with Gasteiger partial charge in [-0.05, 0) is 136 Å². The third-order valence-corrected chi connectivity index (χ3v) is 11.1. The van der Waals surface area contributed by atoms with E-state index in [1.54, 1.807) is 12.4 Å². The van der Waals surface area contributed by atoms with E-state index in [1.165, 1.54) is 12.1 Å². The number of rotatable bonds is 4. The molecule has 6 nitrogen and oxygen atoms in total. The molecule has 8 aromatic rings. The van der Waals surface area contributed by atoms with Crippen molar-refractivity contribution in [2.45, 2.75) is 5.66 Å². The first-order valence-electron chi connectivity index (χ1n) is 16.2. The van der Waals surface area contributed by atoms with Crippen LogP contribution in [0.3, 0.4) is 0 Å². The summed E-state index contributed by atoms with van der Waals surface area (Å²) in [6.45, 7) is 0. The SMILES string of the molecule is Oc1cc2ccccc2c(/C=N/C2(/N=C/c3c(O)c(O)cc4ccccc34)c3ccc4cc(I)ccc4c3-c3c2ccc2cc(I)ccc32)c1O.[Ni].[Ni]. The number of aliphatic imine (C=N–C) groups is 2. The van der Waals surface area contributed by atoms with Gasteiger partial charge in [0.1, 0.15) is 0 Å². The molecule has 0 unspecified atom stereocenters. The van der Waals surface area contributed by atoms with Gasteiger partial charge in [0.2, 0.25) is 5.66 Å². The molecule has 8 aromatic carbocycles. The van der Waals surface area contributed by atoms with Gasteiger partial charge in [-0.15, -0.1) is 0 Å². The van der Waals surface area contributed by atoms with Crippen molar-refractivity contribution in [3.05, 3.63) is 151 Å². The first-order chi connectivity index (χ1) is 24.7. The maximum absolute atomic E-state index is 11.2. The number of phenolic OH excluding ortho intramolecular Hbond substituents is 4. The Morgan fingerprint density at radius 1 is 0.453 bits per heavy atom. The maximum atomic E-state index is 11.2. The summed E-state index contributed by atoms with van der Waals surface area (Å²) >= 11 is 4.66. The first kappa shape index (κ1) is 37.1. The van der Waals surface area contributed by atoms with Gasteiger partial charge in [-0.2, -0.15) is 0 Å². The van der Waals surface area contributed by atoms with Crippen molar-refractivity contribution in [3.8, 4) is 34.1 Å². The monoisotopic (exact) mass is 1000 g/mol. The van der Waals surface area contributed by atoms with Crippen molar-refractivity contribution in [2.24, 2.45) is 9.98 Å². The van der Waals surface area contributed by atoms with Gasteiger partial charge in [0.05, 0.1) is 0 Å². The molecule has 1 aliphatic carbocycles. The van der Waals surface area contributed by atoms with Gasteiger partial charge in [-0.25, -0.2) is 0 Å². The Kier molecular flexibility index (Phi) is 9.95. The van der Waals surface area contributed by atoms with Gasteiger partial charge in [-0.1, -0.05) is 84.9 Å². The normalized spacial score (nSPS) is 13.1. The molecule has 0 radical (unpaired) electrons. The number of aromatic hydroxyl groups is 4. The fourth-order valence-electron chi connectivity index (χ4n) is 7.45. The molecule has 0 saturated carbocycles. The van der Waals surface area contributed by atoms with E-state index in [2.05, 4.69) is 106 Å². The molecule has 53 heavy (non-hydrogen) atoms. The Balaban J connectivity index is 0.00000218. The number of nitrogens with zero attached hydrogens (tertiary/aromatic N) is 2. The largest absolute Gasteiger partial charge is 0.504 e. The smallest absolute Gasteiger partial charge is 0.202 e. The quantitative estimate of drug-likeness (QED) is 0.0610. The summed E-state index contributed by atoms with van der Waals surface area (Å²) in [5.41, 5.74) is 2.93. The van der Waals surface area contributed by atoms with Gasteiger partial charge in [-0.3, -0.25) is 9.98 Å². The molecule has 0 spiro atoms. The zero-order chi connectivity index (χ0) is 35.0. The summed E-state index contributed by atoms with van der Waals surface area (Å²) in [7, 11) is 0. The maximum Gasteiger partial charge on any atom is 0.202 e. The molecule has 0 saturated heterocycles. The predicted molar refractivity (Wildman–Crippen MR) is 223 cm³/mol. The fraction of sp³-hybridized carbons (Fsp3) is 0.0233. The molecule has 0 aliphatic heterocycles. The van der Waals surface area contributed by atoms with E-state index in [-0.39, 0.29) is 56.0 Å². The van der Waals surface area contributed by atoms with E-state index >= 15 is 0 Å². The number of fused-ring (bicyclic) bond motifs is 9. The number of halogens is 2. The van der Waals surface area contributed by atoms with Crippen LogP contribution in [0.5, 0.6) is 23.0 Å². The molecule has 266 valence electrons. The van der Waals surface area contributed by atoms with Crippen LogP contribution < -0.4 is 0 Å². The van der Waals surface area contributed by atoms with Crippen molar-refractivity contribution in [1.29, 1.82) is 0 Å². The molecular formula is C43H26I2N2Ni2O4. The van der Waals surface area contributed by atoms with E-state index in [9.17, 15) is 20.4 Å². The van der Waals surface area contributed by atoms with E-state index in [4.69, 9.17) is 9.98 Å². The number of hydrogen-bond donors (Lipinski definition) is 4. The molecule has 1 aliphatic rings. The van der Waals surface area contributed by atoms with Crippen LogP contribution in [0.1, 0.15) is 22.3 Å². The molecule has 0 amide bonds. The summed E-state index contributed by atoms with van der Waals surface area (Å²) < 4.78 is 2.23. The molecule has 0 aromatic heterocycles. The Bertz CT molecular complexity index is 2660. The van der Waals surface area contributed by atoms with Crippen molar-refractivity contribution >= 4 is 101 Å². The van der Waals surface area contributed by atoms with E-state index in [0.29, 0.717) is 21.9 Å². The minimum atomic E-state index is -1.41. The molecule has 9 rings (SSSR count). The minimum Gasteiger partial charge on any atom is -0.504 e. The third kappa shape index (κ3) is 5.95. The Hall–Kier alpha value is -4.21. The van der Waals surface area contributed by atoms with Gasteiger partial charge in [0.15, 0.2) is 23.0 Å². The van der Waals surface area contributed by atoms with Crippen molar-refractivity contribution in [1.82, 2.24) is 0 Å². The average Bonchev–Trinajstić information content (AvgIpc) is 3.41. The van der Waals surface area contributed by atoms with Gasteiger partial charge >= 0.3 is 0 Å².